The van der Waals surface area contributed by atoms with E-state index in [9.17, 15) is 4.79 Å². The highest BCUT2D eigenvalue weighted by Crippen LogP contribution is 2.31. The largest absolute Gasteiger partial charge is 0.481 e. The second-order valence-corrected chi connectivity index (χ2v) is 5.26. The average Bonchev–Trinajstić information content (AvgIpc) is 3.20. The van der Waals surface area contributed by atoms with Gasteiger partial charge in [0.1, 0.15) is 0 Å². The van der Waals surface area contributed by atoms with Crippen LogP contribution in [0.1, 0.15) is 25.2 Å². The van der Waals surface area contributed by atoms with Crippen LogP contribution in [0, 0.1) is 11.8 Å². The average molecular weight is 291 g/mol. The van der Waals surface area contributed by atoms with E-state index in [1.165, 1.54) is 0 Å². The Morgan fingerprint density at radius 1 is 1.48 bits per heavy atom. The van der Waals surface area contributed by atoms with Gasteiger partial charge in [0.15, 0.2) is 5.76 Å². The Hall–Kier alpha value is -2.15. The van der Waals surface area contributed by atoms with Crippen LogP contribution in [-0.2, 0) is 11.3 Å². The second kappa shape index (κ2) is 6.09. The lowest BCUT2D eigenvalue weighted by molar-refractivity contribution is -0.142. The van der Waals surface area contributed by atoms with Crippen LogP contribution in [0.3, 0.4) is 0 Å². The van der Waals surface area contributed by atoms with Gasteiger partial charge in [-0.2, -0.15) is 4.98 Å². The van der Waals surface area contributed by atoms with Gasteiger partial charge < -0.3 is 19.4 Å². The van der Waals surface area contributed by atoms with Crippen LogP contribution in [0.15, 0.2) is 27.3 Å². The Labute approximate surface area is 121 Å². The normalized spacial score (nSPS) is 21.7. The molecule has 2 unspecified atom stereocenters. The maximum absolute atomic E-state index is 11.1. The number of rotatable bonds is 6. The van der Waals surface area contributed by atoms with E-state index in [4.69, 9.17) is 14.0 Å². The fraction of sp³-hybridized carbons (Fsp3) is 0.500. The van der Waals surface area contributed by atoms with Crippen molar-refractivity contribution < 1.29 is 18.8 Å². The Morgan fingerprint density at radius 2 is 2.38 bits per heavy atom. The molecule has 2 aromatic heterocycles. The van der Waals surface area contributed by atoms with E-state index in [1.807, 2.05) is 0 Å². The first kappa shape index (κ1) is 13.8. The predicted octanol–water partition coefficient (Wildman–Crippen LogP) is 1.92. The van der Waals surface area contributed by atoms with Gasteiger partial charge in [0, 0.05) is 0 Å². The maximum atomic E-state index is 11.1. The van der Waals surface area contributed by atoms with E-state index >= 15 is 0 Å². The third kappa shape index (κ3) is 3.13. The van der Waals surface area contributed by atoms with Crippen molar-refractivity contribution in [3.63, 3.8) is 0 Å². The zero-order chi connectivity index (χ0) is 14.7. The van der Waals surface area contributed by atoms with Gasteiger partial charge in [-0.1, -0.05) is 11.6 Å². The third-order valence-corrected chi connectivity index (χ3v) is 3.87. The highest BCUT2D eigenvalue weighted by atomic mass is 16.5. The summed E-state index contributed by atoms with van der Waals surface area (Å²) < 4.78 is 10.3. The number of furan rings is 1. The lowest BCUT2D eigenvalue weighted by Crippen LogP contribution is -2.28. The van der Waals surface area contributed by atoms with Crippen LogP contribution < -0.4 is 5.32 Å². The van der Waals surface area contributed by atoms with Crippen LogP contribution >= 0.6 is 0 Å². The van der Waals surface area contributed by atoms with Gasteiger partial charge in [-0.05, 0) is 37.4 Å². The third-order valence-electron chi connectivity index (χ3n) is 3.87. The van der Waals surface area contributed by atoms with Gasteiger partial charge in [-0.25, -0.2) is 0 Å². The number of carboxylic acids is 1. The van der Waals surface area contributed by atoms with Crippen molar-refractivity contribution in [1.82, 2.24) is 15.5 Å². The van der Waals surface area contributed by atoms with Crippen LogP contribution in [-0.4, -0.2) is 27.8 Å². The van der Waals surface area contributed by atoms with E-state index in [1.54, 1.807) is 18.4 Å². The van der Waals surface area contributed by atoms with Crippen molar-refractivity contribution in [1.29, 1.82) is 0 Å². The Kier molecular flexibility index (Phi) is 4.01. The standard InChI is InChI=1S/C14H17N3O4/c18-14(19)10-4-1-3-9(10)7-15-8-12-16-13(17-21-12)11-5-2-6-20-11/h2,5-6,9-10,15H,1,3-4,7-8H2,(H,18,19). The Bertz CT molecular complexity index is 593. The molecular formula is C14H17N3O4. The van der Waals surface area contributed by atoms with Crippen molar-refractivity contribution in [2.75, 3.05) is 6.54 Å². The summed E-state index contributed by atoms with van der Waals surface area (Å²) in [6.45, 7) is 1.08. The van der Waals surface area contributed by atoms with Gasteiger partial charge >= 0.3 is 5.97 Å². The molecule has 1 aliphatic rings. The number of nitrogens with one attached hydrogen (secondary N) is 1. The molecule has 112 valence electrons. The summed E-state index contributed by atoms with van der Waals surface area (Å²) in [7, 11) is 0. The Balaban J connectivity index is 1.51. The molecule has 21 heavy (non-hydrogen) atoms. The van der Waals surface area contributed by atoms with E-state index in [2.05, 4.69) is 15.5 Å². The van der Waals surface area contributed by atoms with Crippen LogP contribution in [0.5, 0.6) is 0 Å². The molecular weight excluding hydrogens is 274 g/mol. The van der Waals surface area contributed by atoms with Crippen molar-refractivity contribution in [2.45, 2.75) is 25.8 Å². The minimum Gasteiger partial charge on any atom is -0.481 e. The monoisotopic (exact) mass is 291 g/mol. The molecule has 1 fully saturated rings. The first-order valence-electron chi connectivity index (χ1n) is 7.04. The maximum Gasteiger partial charge on any atom is 0.306 e. The summed E-state index contributed by atoms with van der Waals surface area (Å²) in [6, 6.07) is 3.52. The highest BCUT2D eigenvalue weighted by Gasteiger charge is 2.32. The summed E-state index contributed by atoms with van der Waals surface area (Å²) in [5.74, 6) is 0.685. The summed E-state index contributed by atoms with van der Waals surface area (Å²) in [5, 5.41) is 16.2. The molecule has 3 rings (SSSR count). The lowest BCUT2D eigenvalue weighted by Gasteiger charge is -2.15. The highest BCUT2D eigenvalue weighted by molar-refractivity contribution is 5.70. The lowest BCUT2D eigenvalue weighted by atomic mass is 9.96. The molecule has 0 spiro atoms. The summed E-state index contributed by atoms with van der Waals surface area (Å²) in [4.78, 5) is 15.3. The summed E-state index contributed by atoms with van der Waals surface area (Å²) in [5.41, 5.74) is 0. The number of hydrogen-bond acceptors (Lipinski definition) is 6. The molecule has 1 aliphatic carbocycles. The molecule has 2 atom stereocenters. The minimum absolute atomic E-state index is 0.176. The molecule has 7 heteroatoms. The van der Waals surface area contributed by atoms with Gasteiger partial charge in [0.05, 0.1) is 18.7 Å². The van der Waals surface area contributed by atoms with Crippen LogP contribution in [0.4, 0.5) is 0 Å². The van der Waals surface area contributed by atoms with Gasteiger partial charge in [0.25, 0.3) is 0 Å². The molecule has 2 aromatic rings. The quantitative estimate of drug-likeness (QED) is 0.838. The van der Waals surface area contributed by atoms with Gasteiger partial charge in [0.2, 0.25) is 11.7 Å². The topological polar surface area (TPSA) is 101 Å². The molecule has 7 nitrogen and oxygen atoms in total. The number of nitrogens with zero attached hydrogens (tertiary/aromatic N) is 2. The summed E-state index contributed by atoms with van der Waals surface area (Å²) in [6.07, 6.45) is 4.25. The number of aromatic nitrogens is 2. The number of carbonyl (C=O) groups is 1. The van der Waals surface area contributed by atoms with E-state index in [0.29, 0.717) is 30.6 Å². The molecule has 0 aliphatic heterocycles. The predicted molar refractivity (Wildman–Crippen MR) is 72.2 cm³/mol. The molecule has 0 amide bonds. The minimum atomic E-state index is -0.697. The number of hydrogen-bond donors (Lipinski definition) is 2. The SMILES string of the molecule is O=C(O)C1CCCC1CNCc1nc(-c2ccco2)no1. The van der Waals surface area contributed by atoms with Gasteiger partial charge in [-0.15, -0.1) is 0 Å². The van der Waals surface area contributed by atoms with Crippen molar-refractivity contribution in [2.24, 2.45) is 11.8 Å². The van der Waals surface area contributed by atoms with Crippen molar-refractivity contribution >= 4 is 5.97 Å². The molecule has 0 saturated heterocycles. The van der Waals surface area contributed by atoms with Crippen LogP contribution in [0.25, 0.3) is 11.6 Å². The van der Waals surface area contributed by atoms with Gasteiger partial charge in [-0.3, -0.25) is 4.79 Å². The smallest absolute Gasteiger partial charge is 0.306 e. The Morgan fingerprint density at radius 3 is 3.14 bits per heavy atom. The molecule has 1 saturated carbocycles. The van der Waals surface area contributed by atoms with Crippen molar-refractivity contribution in [3.8, 4) is 11.6 Å². The zero-order valence-electron chi connectivity index (χ0n) is 11.5. The summed E-state index contributed by atoms with van der Waals surface area (Å²) >= 11 is 0. The number of carboxylic acid groups (broad SMARTS) is 1. The molecule has 0 bridgehead atoms. The van der Waals surface area contributed by atoms with Crippen LogP contribution in [0.2, 0.25) is 0 Å². The van der Waals surface area contributed by atoms with E-state index in [-0.39, 0.29) is 11.8 Å². The molecule has 0 aromatic carbocycles. The molecule has 0 radical (unpaired) electrons. The first-order chi connectivity index (χ1) is 10.2. The first-order valence-corrected chi connectivity index (χ1v) is 7.04. The van der Waals surface area contributed by atoms with E-state index in [0.717, 1.165) is 19.3 Å². The van der Waals surface area contributed by atoms with E-state index < -0.39 is 5.97 Å². The molecule has 2 N–H and O–H groups in total. The number of aliphatic carboxylic acids is 1. The second-order valence-electron chi connectivity index (χ2n) is 5.26. The fourth-order valence-corrected chi connectivity index (χ4v) is 2.80. The fourth-order valence-electron chi connectivity index (χ4n) is 2.80. The molecule has 2 heterocycles. The van der Waals surface area contributed by atoms with Crippen molar-refractivity contribution in [3.05, 3.63) is 24.3 Å². The zero-order valence-corrected chi connectivity index (χ0v) is 11.5.